The first-order chi connectivity index (χ1) is 13.1. The lowest BCUT2D eigenvalue weighted by Crippen LogP contribution is -2.28. The van der Waals surface area contributed by atoms with Crippen LogP contribution in [0.4, 0.5) is 0 Å². The Morgan fingerprint density at radius 1 is 1.25 bits per heavy atom. The van der Waals surface area contributed by atoms with Gasteiger partial charge in [0.1, 0.15) is 16.8 Å². The molecule has 1 aromatic carbocycles. The molecule has 0 spiro atoms. The molecule has 0 saturated carbocycles. The van der Waals surface area contributed by atoms with E-state index in [9.17, 15) is 13.2 Å². The first kappa shape index (κ1) is 21.7. The van der Waals surface area contributed by atoms with E-state index in [1.165, 1.54) is 12.1 Å². The van der Waals surface area contributed by atoms with E-state index in [1.54, 1.807) is 18.2 Å². The quantitative estimate of drug-likeness (QED) is 0.773. The summed E-state index contributed by atoms with van der Waals surface area (Å²) in [5, 5.41) is 6.92. The van der Waals surface area contributed by atoms with Crippen molar-refractivity contribution in [2.75, 3.05) is 0 Å². The number of carbonyl (C=O) groups excluding carboxylic acids is 1. The van der Waals surface area contributed by atoms with Gasteiger partial charge in [0, 0.05) is 6.42 Å². The molecule has 0 saturated heterocycles. The number of aliphatic carboxylic acids is 1. The van der Waals surface area contributed by atoms with E-state index in [0.29, 0.717) is 12.2 Å². The van der Waals surface area contributed by atoms with E-state index in [-0.39, 0.29) is 16.0 Å². The van der Waals surface area contributed by atoms with Crippen LogP contribution in [0.15, 0.2) is 50.7 Å². The van der Waals surface area contributed by atoms with Gasteiger partial charge in [0.25, 0.3) is 15.9 Å². The van der Waals surface area contributed by atoms with Crippen LogP contribution in [0.3, 0.4) is 0 Å². The first-order valence-electron chi connectivity index (χ1n) is 8.05. The minimum absolute atomic E-state index is 0.0915. The number of carboxylic acids is 1. The lowest BCUT2D eigenvalue weighted by atomic mass is 10.2. The third kappa shape index (κ3) is 6.24. The number of rotatable bonds is 4. The zero-order valence-corrected chi connectivity index (χ0v) is 16.8. The van der Waals surface area contributed by atoms with Gasteiger partial charge in [-0.15, -0.1) is 0 Å². The van der Waals surface area contributed by atoms with Crippen LogP contribution in [-0.4, -0.2) is 35.8 Å². The lowest BCUT2D eigenvalue weighted by Gasteiger charge is -2.08. The summed E-state index contributed by atoms with van der Waals surface area (Å²) in [7, 11) is -3.75. The van der Waals surface area contributed by atoms with Crippen LogP contribution in [0.25, 0.3) is 0 Å². The topological polar surface area (TPSA) is 126 Å². The summed E-state index contributed by atoms with van der Waals surface area (Å²) < 4.78 is 32.5. The molecular formula is C18H19N2O6S2. The van der Waals surface area contributed by atoms with Gasteiger partial charge < -0.3 is 9.52 Å². The molecule has 1 amide bonds. The van der Waals surface area contributed by atoms with Crippen molar-refractivity contribution in [2.45, 2.75) is 30.4 Å². The average molecular weight is 423 g/mol. The fraction of sp³-hybridized carbons (Fsp3) is 0.222. The summed E-state index contributed by atoms with van der Waals surface area (Å²) in [6.45, 7) is 6.26. The predicted molar refractivity (Wildman–Crippen MR) is 105 cm³/mol. The number of nitrogens with one attached hydrogen (secondary N) is 1. The second kappa shape index (κ2) is 9.07. The maximum Gasteiger partial charge on any atom is 0.303 e. The van der Waals surface area contributed by atoms with Gasteiger partial charge in [0.05, 0.1) is 11.8 Å². The van der Waals surface area contributed by atoms with Crippen LogP contribution in [0.2, 0.25) is 0 Å². The van der Waals surface area contributed by atoms with Gasteiger partial charge in [-0.05, 0) is 38.1 Å². The Morgan fingerprint density at radius 2 is 1.86 bits per heavy atom. The van der Waals surface area contributed by atoms with Crippen LogP contribution >= 0.6 is 11.8 Å². The van der Waals surface area contributed by atoms with Gasteiger partial charge in [-0.3, -0.25) is 14.3 Å². The van der Waals surface area contributed by atoms with Gasteiger partial charge >= 0.3 is 5.97 Å². The minimum atomic E-state index is -3.75. The summed E-state index contributed by atoms with van der Waals surface area (Å²) in [5.41, 5.74) is 0.963. The standard InChI is InChI=1S/C16H16N2O4S2.C2H3O2/c1-10-3-7-13(8-4-10)24(20,21)18-16-17-15(19)14(23-16)9-12-6-5-11(2)22-12;1-2(3)4/h3-8,14H,9H2,1-2H3,(H,17,18,19);1H2,(H,3,4). The zero-order chi connectivity index (χ0) is 20.9. The number of amidine groups is 1. The summed E-state index contributed by atoms with van der Waals surface area (Å²) in [6.07, 6.45) is 0.372. The van der Waals surface area contributed by atoms with Gasteiger partial charge in [-0.1, -0.05) is 29.5 Å². The fourth-order valence-electron chi connectivity index (χ4n) is 2.23. The molecule has 149 valence electrons. The number of furan rings is 1. The first-order valence-corrected chi connectivity index (χ1v) is 10.4. The molecule has 28 heavy (non-hydrogen) atoms. The molecule has 2 aromatic rings. The number of carbonyl (C=O) groups is 2. The van der Waals surface area contributed by atoms with Crippen molar-refractivity contribution in [3.63, 3.8) is 0 Å². The molecule has 1 aliphatic heterocycles. The maximum absolute atomic E-state index is 12.3. The Morgan fingerprint density at radius 3 is 2.39 bits per heavy atom. The van der Waals surface area contributed by atoms with E-state index in [1.807, 2.05) is 19.9 Å². The summed E-state index contributed by atoms with van der Waals surface area (Å²) in [6, 6.07) is 10.1. The third-order valence-electron chi connectivity index (χ3n) is 3.48. The monoisotopic (exact) mass is 423 g/mol. The van der Waals surface area contributed by atoms with Crippen molar-refractivity contribution in [3.8, 4) is 0 Å². The Labute approximate surface area is 167 Å². The maximum atomic E-state index is 12.3. The Bertz CT molecular complexity index is 989. The Balaban J connectivity index is 0.000000640. The number of hydrogen-bond acceptors (Lipinski definition) is 6. The Hall–Kier alpha value is -2.59. The van der Waals surface area contributed by atoms with Crippen molar-refractivity contribution >= 4 is 38.8 Å². The number of aliphatic imine (C=N–C) groups is 1. The van der Waals surface area contributed by atoms with E-state index in [0.717, 1.165) is 23.1 Å². The molecule has 0 fully saturated rings. The Kier molecular flexibility index (Phi) is 7.03. The van der Waals surface area contributed by atoms with Crippen molar-refractivity contribution in [3.05, 3.63) is 60.4 Å². The van der Waals surface area contributed by atoms with Crippen molar-refractivity contribution in [1.29, 1.82) is 0 Å². The molecule has 1 unspecified atom stereocenters. The van der Waals surface area contributed by atoms with Gasteiger partial charge in [-0.2, -0.15) is 4.99 Å². The highest BCUT2D eigenvalue weighted by molar-refractivity contribution is 8.16. The second-order valence-corrected chi connectivity index (χ2v) is 8.76. The number of carboxylic acid groups (broad SMARTS) is 1. The van der Waals surface area contributed by atoms with Crippen LogP contribution in [0.5, 0.6) is 0 Å². The molecule has 2 N–H and O–H groups in total. The summed E-state index contributed by atoms with van der Waals surface area (Å²) >= 11 is 1.10. The molecular weight excluding hydrogens is 404 g/mol. The van der Waals surface area contributed by atoms with E-state index in [2.05, 4.69) is 16.6 Å². The van der Waals surface area contributed by atoms with Crippen LogP contribution in [0, 0.1) is 20.8 Å². The molecule has 0 bridgehead atoms. The molecule has 1 aliphatic rings. The molecule has 0 aliphatic carbocycles. The van der Waals surface area contributed by atoms with Gasteiger partial charge in [-0.25, -0.2) is 8.42 Å². The van der Waals surface area contributed by atoms with E-state index < -0.39 is 21.2 Å². The van der Waals surface area contributed by atoms with Crippen LogP contribution in [-0.2, 0) is 26.0 Å². The smallest absolute Gasteiger partial charge is 0.303 e. The SMILES string of the molecule is Cc1ccc(S(=O)(=O)NC2=NC(=O)C(Cc3ccc(C)o3)S2)cc1.[CH2]C(=O)O. The third-order valence-corrected chi connectivity index (χ3v) is 6.03. The number of thioether (sulfide) groups is 1. The van der Waals surface area contributed by atoms with Crippen molar-refractivity contribution in [2.24, 2.45) is 4.99 Å². The highest BCUT2D eigenvalue weighted by Gasteiger charge is 2.31. The lowest BCUT2D eigenvalue weighted by molar-refractivity contribution is -0.131. The average Bonchev–Trinajstić information content (AvgIpc) is 3.13. The van der Waals surface area contributed by atoms with Crippen molar-refractivity contribution in [1.82, 2.24) is 4.72 Å². The predicted octanol–water partition coefficient (Wildman–Crippen LogP) is 2.32. The largest absolute Gasteiger partial charge is 0.481 e. The molecule has 1 radical (unpaired) electrons. The molecule has 10 heteroatoms. The highest BCUT2D eigenvalue weighted by atomic mass is 32.2. The zero-order valence-electron chi connectivity index (χ0n) is 15.2. The van der Waals surface area contributed by atoms with Crippen LogP contribution < -0.4 is 4.72 Å². The van der Waals surface area contributed by atoms with Crippen molar-refractivity contribution < 1.29 is 27.5 Å². The molecule has 3 rings (SSSR count). The number of sulfonamides is 1. The summed E-state index contributed by atoms with van der Waals surface area (Å²) in [4.78, 5) is 24.8. The van der Waals surface area contributed by atoms with Gasteiger partial charge in [0.15, 0.2) is 5.17 Å². The number of nitrogens with zero attached hydrogens (tertiary/aromatic N) is 1. The molecule has 2 heterocycles. The van der Waals surface area contributed by atoms with Crippen LogP contribution in [0.1, 0.15) is 17.1 Å². The minimum Gasteiger partial charge on any atom is -0.481 e. The number of hydrogen-bond donors (Lipinski definition) is 2. The van der Waals surface area contributed by atoms with Gasteiger partial charge in [0.2, 0.25) is 0 Å². The number of amides is 1. The van der Waals surface area contributed by atoms with E-state index >= 15 is 0 Å². The highest BCUT2D eigenvalue weighted by Crippen LogP contribution is 2.26. The number of benzene rings is 1. The number of aryl methyl sites for hydroxylation is 2. The summed E-state index contributed by atoms with van der Waals surface area (Å²) in [5.74, 6) is -0.00601. The second-order valence-electron chi connectivity index (χ2n) is 5.89. The fourth-order valence-corrected chi connectivity index (χ4v) is 4.45. The molecule has 1 atom stereocenters. The van der Waals surface area contributed by atoms with E-state index in [4.69, 9.17) is 14.3 Å². The normalized spacial score (nSPS) is 16.2. The molecule has 1 aromatic heterocycles. The molecule has 8 nitrogen and oxygen atoms in total.